The van der Waals surface area contributed by atoms with Gasteiger partial charge in [0.1, 0.15) is 6.04 Å². The van der Waals surface area contributed by atoms with E-state index in [0.29, 0.717) is 18.7 Å². The van der Waals surface area contributed by atoms with Crippen LogP contribution in [0.4, 0.5) is 5.69 Å². The molecular weight excluding hydrogens is 358 g/mol. The number of carbonyl (C=O) groups excluding carboxylic acids is 1. The van der Waals surface area contributed by atoms with E-state index in [1.807, 2.05) is 24.3 Å². The Morgan fingerprint density at radius 1 is 0.964 bits per heavy atom. The summed E-state index contributed by atoms with van der Waals surface area (Å²) in [4.78, 5) is 31.4. The van der Waals surface area contributed by atoms with Crippen LogP contribution in [-0.2, 0) is 17.9 Å². The molecule has 28 heavy (non-hydrogen) atoms. The number of benzene rings is 1. The molecule has 1 amide bonds. The number of nitro benzene ring substituents is 1. The predicted molar refractivity (Wildman–Crippen MR) is 103 cm³/mol. The first-order chi connectivity index (χ1) is 13.6. The molecule has 1 aromatic carbocycles. The first-order valence-electron chi connectivity index (χ1n) is 8.67. The molecule has 3 aromatic rings. The van der Waals surface area contributed by atoms with Crippen molar-refractivity contribution >= 4 is 11.6 Å². The fraction of sp³-hybridized carbons (Fsp3) is 0.150. The van der Waals surface area contributed by atoms with Crippen molar-refractivity contribution in [3.8, 4) is 0 Å². The Morgan fingerprint density at radius 2 is 1.57 bits per heavy atom. The molecule has 8 heteroatoms. The van der Waals surface area contributed by atoms with E-state index in [4.69, 9.17) is 0 Å². The molecule has 2 aromatic heterocycles. The van der Waals surface area contributed by atoms with Crippen molar-refractivity contribution in [2.75, 3.05) is 0 Å². The fourth-order valence-electron chi connectivity index (χ4n) is 2.69. The van der Waals surface area contributed by atoms with Crippen LogP contribution in [0.25, 0.3) is 0 Å². The van der Waals surface area contributed by atoms with Gasteiger partial charge in [-0.15, -0.1) is 0 Å². The summed E-state index contributed by atoms with van der Waals surface area (Å²) in [5.74, 6) is -0.272. The van der Waals surface area contributed by atoms with E-state index in [9.17, 15) is 14.9 Å². The summed E-state index contributed by atoms with van der Waals surface area (Å²) >= 11 is 0. The quantitative estimate of drug-likeness (QED) is 0.461. The number of carbonyl (C=O) groups is 1. The van der Waals surface area contributed by atoms with Gasteiger partial charge in [-0.25, -0.2) is 0 Å². The molecule has 0 fully saturated rings. The fourth-order valence-corrected chi connectivity index (χ4v) is 2.69. The van der Waals surface area contributed by atoms with Gasteiger partial charge in [-0.05, 0) is 41.0 Å². The Kier molecular flexibility index (Phi) is 6.37. The molecule has 1 atom stereocenters. The van der Waals surface area contributed by atoms with Gasteiger partial charge >= 0.3 is 0 Å². The molecule has 0 radical (unpaired) electrons. The van der Waals surface area contributed by atoms with Crippen LogP contribution >= 0.6 is 0 Å². The Bertz CT molecular complexity index is 935. The van der Waals surface area contributed by atoms with Crippen LogP contribution in [0, 0.1) is 10.1 Å². The number of nitro groups is 1. The van der Waals surface area contributed by atoms with Crippen molar-refractivity contribution in [2.24, 2.45) is 0 Å². The second kappa shape index (κ2) is 9.33. The van der Waals surface area contributed by atoms with E-state index >= 15 is 0 Å². The molecule has 8 nitrogen and oxygen atoms in total. The molecule has 0 saturated carbocycles. The van der Waals surface area contributed by atoms with Crippen molar-refractivity contribution < 1.29 is 9.72 Å². The number of nitrogens with zero attached hydrogens (tertiary/aromatic N) is 3. The van der Waals surface area contributed by atoms with E-state index in [2.05, 4.69) is 20.6 Å². The number of pyridine rings is 2. The van der Waals surface area contributed by atoms with Crippen molar-refractivity contribution in [2.45, 2.75) is 19.1 Å². The predicted octanol–water partition coefficient (Wildman–Crippen LogP) is 2.53. The highest BCUT2D eigenvalue weighted by atomic mass is 16.6. The Balaban J connectivity index is 1.77. The number of non-ortho nitro benzene ring substituents is 1. The molecule has 0 spiro atoms. The molecule has 1 unspecified atom stereocenters. The maximum Gasteiger partial charge on any atom is 0.269 e. The largest absolute Gasteiger partial charge is 0.350 e. The monoisotopic (exact) mass is 377 g/mol. The molecular formula is C20H19N5O3. The topological polar surface area (TPSA) is 110 Å². The molecule has 3 rings (SSSR count). The minimum atomic E-state index is -0.741. The highest BCUT2D eigenvalue weighted by Crippen LogP contribution is 2.20. The second-order valence-corrected chi connectivity index (χ2v) is 6.09. The minimum absolute atomic E-state index is 0.0601. The average molecular weight is 377 g/mol. The van der Waals surface area contributed by atoms with Gasteiger partial charge in [-0.1, -0.05) is 12.1 Å². The zero-order valence-electron chi connectivity index (χ0n) is 15.0. The second-order valence-electron chi connectivity index (χ2n) is 6.09. The number of rotatable bonds is 8. The zero-order valence-corrected chi connectivity index (χ0v) is 15.0. The van der Waals surface area contributed by atoms with E-state index in [1.54, 1.807) is 36.9 Å². The SMILES string of the molecule is O=C(NCc1ccncc1)C(NCc1ccncc1)c1cccc([N+](=O)[O-])c1. The van der Waals surface area contributed by atoms with Crippen LogP contribution in [0.2, 0.25) is 0 Å². The summed E-state index contributed by atoms with van der Waals surface area (Å²) in [6.07, 6.45) is 6.65. The number of amides is 1. The minimum Gasteiger partial charge on any atom is -0.350 e. The Labute approximate surface area is 161 Å². The van der Waals surface area contributed by atoms with Gasteiger partial charge in [0.15, 0.2) is 0 Å². The maximum absolute atomic E-state index is 12.8. The summed E-state index contributed by atoms with van der Waals surface area (Å²) in [6.45, 7) is 0.752. The third-order valence-corrected chi connectivity index (χ3v) is 4.15. The lowest BCUT2D eigenvalue weighted by Gasteiger charge is -2.19. The van der Waals surface area contributed by atoms with Gasteiger partial charge in [0.25, 0.3) is 5.69 Å². The molecule has 142 valence electrons. The molecule has 2 N–H and O–H groups in total. The highest BCUT2D eigenvalue weighted by molar-refractivity contribution is 5.83. The van der Waals surface area contributed by atoms with Gasteiger partial charge in [-0.3, -0.25) is 30.2 Å². The van der Waals surface area contributed by atoms with Crippen molar-refractivity contribution in [1.29, 1.82) is 0 Å². The van der Waals surface area contributed by atoms with E-state index in [-0.39, 0.29) is 11.6 Å². The smallest absolute Gasteiger partial charge is 0.269 e. The van der Waals surface area contributed by atoms with Crippen LogP contribution in [0.5, 0.6) is 0 Å². The normalized spacial score (nSPS) is 11.6. The average Bonchev–Trinajstić information content (AvgIpc) is 2.74. The molecule has 0 aliphatic carbocycles. The van der Waals surface area contributed by atoms with Crippen molar-refractivity contribution in [3.63, 3.8) is 0 Å². The van der Waals surface area contributed by atoms with Crippen LogP contribution in [0.3, 0.4) is 0 Å². The Morgan fingerprint density at radius 3 is 2.18 bits per heavy atom. The van der Waals surface area contributed by atoms with Crippen LogP contribution in [0.15, 0.2) is 73.3 Å². The number of nitrogens with one attached hydrogen (secondary N) is 2. The first-order valence-corrected chi connectivity index (χ1v) is 8.67. The third-order valence-electron chi connectivity index (χ3n) is 4.15. The van der Waals surface area contributed by atoms with E-state index in [0.717, 1.165) is 11.1 Å². The number of aromatic nitrogens is 2. The van der Waals surface area contributed by atoms with Gasteiger partial charge < -0.3 is 5.32 Å². The lowest BCUT2D eigenvalue weighted by molar-refractivity contribution is -0.384. The van der Waals surface area contributed by atoms with Crippen LogP contribution in [0.1, 0.15) is 22.7 Å². The van der Waals surface area contributed by atoms with Crippen LogP contribution < -0.4 is 10.6 Å². The van der Waals surface area contributed by atoms with Gasteiger partial charge in [0.2, 0.25) is 5.91 Å². The summed E-state index contributed by atoms with van der Waals surface area (Å²) < 4.78 is 0. The number of hydrogen-bond acceptors (Lipinski definition) is 6. The first kappa shape index (κ1) is 19.1. The maximum atomic E-state index is 12.8. The van der Waals surface area contributed by atoms with E-state index in [1.165, 1.54) is 12.1 Å². The lowest BCUT2D eigenvalue weighted by atomic mass is 10.0. The van der Waals surface area contributed by atoms with Gasteiger partial charge in [0.05, 0.1) is 4.92 Å². The summed E-state index contributed by atoms with van der Waals surface area (Å²) in [6, 6.07) is 12.6. The Hall–Kier alpha value is -3.65. The van der Waals surface area contributed by atoms with Crippen molar-refractivity contribution in [3.05, 3.63) is 100 Å². The van der Waals surface area contributed by atoms with Crippen LogP contribution in [-0.4, -0.2) is 20.8 Å². The summed E-state index contributed by atoms with van der Waals surface area (Å²) in [7, 11) is 0. The molecule has 0 aliphatic rings. The molecule has 0 aliphatic heterocycles. The molecule has 2 heterocycles. The van der Waals surface area contributed by atoms with Crippen molar-refractivity contribution in [1.82, 2.24) is 20.6 Å². The van der Waals surface area contributed by atoms with E-state index < -0.39 is 11.0 Å². The van der Waals surface area contributed by atoms with Gasteiger partial charge in [-0.2, -0.15) is 0 Å². The van der Waals surface area contributed by atoms with Gasteiger partial charge in [0, 0.05) is 50.0 Å². The third kappa shape index (κ3) is 5.18. The summed E-state index contributed by atoms with van der Waals surface area (Å²) in [5, 5.41) is 17.2. The molecule has 0 bridgehead atoms. The lowest BCUT2D eigenvalue weighted by Crippen LogP contribution is -2.37. The zero-order chi connectivity index (χ0) is 19.8. The summed E-state index contributed by atoms with van der Waals surface area (Å²) in [5.41, 5.74) is 2.33. The number of hydrogen-bond donors (Lipinski definition) is 2. The standard InChI is InChI=1S/C20H19N5O3/c26-20(24-14-16-6-10-22-11-7-16)19(23-13-15-4-8-21-9-5-15)17-2-1-3-18(12-17)25(27)28/h1-12,19,23H,13-14H2,(H,24,26). The highest BCUT2D eigenvalue weighted by Gasteiger charge is 2.22. The molecule has 0 saturated heterocycles.